The molecule has 2 heterocycles. The standard InChI is InChI=1S/C18H27N2O12PS/c1-4-13(22)27-9-30-33(26,31-10-28-14(23)5-2)29-8-11-15(24)18(3,25)16(32-11)20-7-6-12(21)19-17(20)34/h6-7,11,15-16,24-25H,4-5,8-10H2,1-3H3,(H,19,21,34)/t11-,15?,16-,18-/m1/s1. The molecule has 14 nitrogen and oxygen atoms in total. The molecule has 0 saturated carbocycles. The first kappa shape index (κ1) is 28.3. The number of nitrogens with one attached hydrogen (secondary N) is 1. The number of hydrogen-bond donors (Lipinski definition) is 3. The van der Waals surface area contributed by atoms with E-state index in [1.165, 1.54) is 31.5 Å². The summed E-state index contributed by atoms with van der Waals surface area (Å²) in [6.45, 7) is 2.16. The molecule has 1 unspecified atom stereocenters. The lowest BCUT2D eigenvalue weighted by atomic mass is 9.96. The summed E-state index contributed by atoms with van der Waals surface area (Å²) < 4.78 is 44.1. The Kier molecular flexibility index (Phi) is 10.1. The van der Waals surface area contributed by atoms with Gasteiger partial charge in [-0.1, -0.05) is 13.8 Å². The van der Waals surface area contributed by atoms with Gasteiger partial charge < -0.3 is 24.4 Å². The minimum Gasteiger partial charge on any atom is -0.438 e. The summed E-state index contributed by atoms with van der Waals surface area (Å²) in [7, 11) is -4.48. The molecule has 1 aliphatic heterocycles. The smallest absolute Gasteiger partial charge is 0.438 e. The van der Waals surface area contributed by atoms with Gasteiger partial charge >= 0.3 is 19.8 Å². The van der Waals surface area contributed by atoms with Crippen molar-refractivity contribution in [2.24, 2.45) is 0 Å². The van der Waals surface area contributed by atoms with Crippen LogP contribution in [0.4, 0.5) is 0 Å². The summed E-state index contributed by atoms with van der Waals surface area (Å²) in [4.78, 5) is 36.4. The number of H-pyrrole nitrogens is 1. The summed E-state index contributed by atoms with van der Waals surface area (Å²) in [5, 5.41) is 21.4. The second-order valence-electron chi connectivity index (χ2n) is 7.19. The molecule has 1 fully saturated rings. The van der Waals surface area contributed by atoms with E-state index >= 15 is 0 Å². The highest BCUT2D eigenvalue weighted by molar-refractivity contribution is 7.71. The number of aliphatic hydroxyl groups excluding tert-OH is 1. The van der Waals surface area contributed by atoms with Crippen molar-refractivity contribution in [1.29, 1.82) is 0 Å². The van der Waals surface area contributed by atoms with Crippen LogP contribution in [0.15, 0.2) is 17.1 Å². The highest BCUT2D eigenvalue weighted by Crippen LogP contribution is 2.50. The average molecular weight is 526 g/mol. The van der Waals surface area contributed by atoms with Crippen LogP contribution in [0.3, 0.4) is 0 Å². The molecule has 4 atom stereocenters. The molecule has 1 saturated heterocycles. The summed E-state index contributed by atoms with van der Waals surface area (Å²) in [6.07, 6.45) is -2.71. The van der Waals surface area contributed by atoms with Crippen LogP contribution in [0.25, 0.3) is 0 Å². The molecule has 0 bridgehead atoms. The van der Waals surface area contributed by atoms with Gasteiger partial charge in [0.25, 0.3) is 5.56 Å². The first-order valence-electron chi connectivity index (χ1n) is 10.2. The number of rotatable bonds is 12. The fourth-order valence-corrected chi connectivity index (χ4v) is 3.96. The summed E-state index contributed by atoms with van der Waals surface area (Å²) in [6, 6.07) is 1.15. The molecular weight excluding hydrogens is 499 g/mol. The fourth-order valence-electron chi connectivity index (χ4n) is 2.78. The topological polar surface area (TPSA) is 185 Å². The summed E-state index contributed by atoms with van der Waals surface area (Å²) in [5.41, 5.74) is -2.37. The van der Waals surface area contributed by atoms with Crippen molar-refractivity contribution in [1.82, 2.24) is 9.55 Å². The van der Waals surface area contributed by atoms with Crippen molar-refractivity contribution >= 4 is 32.0 Å². The number of carbonyl (C=O) groups is 2. The van der Waals surface area contributed by atoms with Gasteiger partial charge in [0.2, 0.25) is 13.6 Å². The van der Waals surface area contributed by atoms with Gasteiger partial charge in [0.15, 0.2) is 11.0 Å². The number of phosphoric ester groups is 1. The molecule has 2 rings (SSSR count). The molecule has 0 spiro atoms. The zero-order valence-corrected chi connectivity index (χ0v) is 20.4. The van der Waals surface area contributed by atoms with Gasteiger partial charge in [-0.15, -0.1) is 0 Å². The van der Waals surface area contributed by atoms with Crippen LogP contribution in [0.2, 0.25) is 0 Å². The first-order valence-corrected chi connectivity index (χ1v) is 12.0. The number of aliphatic hydroxyl groups is 2. The van der Waals surface area contributed by atoms with Gasteiger partial charge in [-0.2, -0.15) is 0 Å². The molecule has 0 radical (unpaired) electrons. The molecule has 1 aromatic heterocycles. The molecule has 0 amide bonds. The van der Waals surface area contributed by atoms with Crippen LogP contribution >= 0.6 is 20.0 Å². The maximum atomic E-state index is 12.9. The Morgan fingerprint density at radius 3 is 2.26 bits per heavy atom. The van der Waals surface area contributed by atoms with E-state index in [1.807, 2.05) is 0 Å². The molecule has 0 aromatic carbocycles. The van der Waals surface area contributed by atoms with E-state index in [0.29, 0.717) is 0 Å². The van der Waals surface area contributed by atoms with Gasteiger partial charge in [-0.25, -0.2) is 13.6 Å². The Bertz CT molecular complexity index is 999. The van der Waals surface area contributed by atoms with Crippen molar-refractivity contribution in [2.45, 2.75) is 57.6 Å². The molecule has 16 heteroatoms. The number of phosphoric acid groups is 1. The number of carbonyl (C=O) groups excluding carboxylic acids is 2. The number of hydrogen-bond acceptors (Lipinski definition) is 13. The number of ether oxygens (including phenoxy) is 3. The number of nitrogens with zero attached hydrogens (tertiary/aromatic N) is 1. The van der Waals surface area contributed by atoms with Gasteiger partial charge in [-0.05, 0) is 19.1 Å². The third-order valence-electron chi connectivity index (χ3n) is 4.69. The lowest BCUT2D eigenvalue weighted by Gasteiger charge is -2.28. The number of aromatic nitrogens is 2. The monoisotopic (exact) mass is 526 g/mol. The molecule has 34 heavy (non-hydrogen) atoms. The Morgan fingerprint density at radius 1 is 1.21 bits per heavy atom. The normalized spacial score (nSPS) is 24.7. The quantitative estimate of drug-likeness (QED) is 0.151. The Hall–Kier alpha value is -1.97. The van der Waals surface area contributed by atoms with E-state index in [0.717, 1.165) is 6.07 Å². The second kappa shape index (κ2) is 12.1. The maximum absolute atomic E-state index is 12.9. The molecule has 1 aliphatic rings. The van der Waals surface area contributed by atoms with Crippen LogP contribution in [0.5, 0.6) is 0 Å². The first-order chi connectivity index (χ1) is 15.9. The van der Waals surface area contributed by atoms with E-state index in [-0.39, 0.29) is 17.6 Å². The van der Waals surface area contributed by atoms with Crippen LogP contribution in [-0.2, 0) is 41.9 Å². The van der Waals surface area contributed by atoms with Crippen molar-refractivity contribution in [3.8, 4) is 0 Å². The minimum absolute atomic E-state index is 0.0370. The van der Waals surface area contributed by atoms with Crippen LogP contribution < -0.4 is 5.56 Å². The third-order valence-corrected chi connectivity index (χ3v) is 6.32. The Balaban J connectivity index is 2.11. The van der Waals surface area contributed by atoms with Crippen molar-refractivity contribution < 1.29 is 52.1 Å². The predicted octanol–water partition coefficient (Wildman–Crippen LogP) is 0.894. The van der Waals surface area contributed by atoms with E-state index in [4.69, 9.17) is 40.0 Å². The van der Waals surface area contributed by atoms with E-state index in [9.17, 15) is 29.2 Å². The zero-order chi connectivity index (χ0) is 25.5. The van der Waals surface area contributed by atoms with Gasteiger partial charge in [0.05, 0.1) is 6.61 Å². The minimum atomic E-state index is -4.48. The Labute approximate surface area is 199 Å². The molecule has 192 valence electrons. The highest BCUT2D eigenvalue weighted by atomic mass is 32.1. The fraction of sp³-hybridized carbons (Fsp3) is 0.667. The number of esters is 2. The van der Waals surface area contributed by atoms with Crippen molar-refractivity contribution in [2.75, 3.05) is 20.2 Å². The molecule has 0 aliphatic carbocycles. The maximum Gasteiger partial charge on any atom is 0.480 e. The summed E-state index contributed by atoms with van der Waals surface area (Å²) in [5.74, 6) is -1.29. The van der Waals surface area contributed by atoms with E-state index in [2.05, 4.69) is 4.98 Å². The lowest BCUT2D eigenvalue weighted by Crippen LogP contribution is -2.44. The summed E-state index contributed by atoms with van der Waals surface area (Å²) >= 11 is 5.07. The Morgan fingerprint density at radius 2 is 1.76 bits per heavy atom. The second-order valence-corrected chi connectivity index (χ2v) is 9.25. The van der Waals surface area contributed by atoms with Crippen LogP contribution in [-0.4, -0.2) is 69.7 Å². The van der Waals surface area contributed by atoms with E-state index in [1.54, 1.807) is 0 Å². The van der Waals surface area contributed by atoms with Crippen LogP contribution in [0, 0.1) is 4.77 Å². The molecular formula is C18H27N2O12PS. The zero-order valence-electron chi connectivity index (χ0n) is 18.7. The van der Waals surface area contributed by atoms with Gasteiger partial charge in [0.1, 0.15) is 17.8 Å². The van der Waals surface area contributed by atoms with E-state index < -0.39 is 69.6 Å². The molecule has 3 N–H and O–H groups in total. The van der Waals surface area contributed by atoms with Gasteiger partial charge in [0, 0.05) is 25.1 Å². The largest absolute Gasteiger partial charge is 0.480 e. The van der Waals surface area contributed by atoms with Crippen molar-refractivity contribution in [3.63, 3.8) is 0 Å². The highest BCUT2D eigenvalue weighted by Gasteiger charge is 2.53. The van der Waals surface area contributed by atoms with Crippen LogP contribution in [0.1, 0.15) is 39.8 Å². The number of aromatic amines is 1. The third kappa shape index (κ3) is 7.26. The SMILES string of the molecule is CCC(=O)OCOP(=O)(OCOC(=O)CC)OC[C@H]1O[C@@H](n2ccc(=O)[nH]c2=S)[C@](C)(O)C1O. The van der Waals surface area contributed by atoms with Crippen molar-refractivity contribution in [3.05, 3.63) is 27.4 Å². The van der Waals surface area contributed by atoms with Gasteiger partial charge in [-0.3, -0.25) is 28.5 Å². The molecule has 1 aromatic rings. The lowest BCUT2D eigenvalue weighted by molar-refractivity contribution is -0.153. The average Bonchev–Trinajstić information content (AvgIpc) is 3.01. The predicted molar refractivity (Wildman–Crippen MR) is 115 cm³/mol.